The van der Waals surface area contributed by atoms with Crippen LogP contribution in [0, 0.1) is 5.41 Å². The quantitative estimate of drug-likeness (QED) is 0.511. The van der Waals surface area contributed by atoms with E-state index in [9.17, 15) is 4.79 Å². The lowest BCUT2D eigenvalue weighted by Crippen LogP contribution is -2.39. The fraction of sp³-hybridized carbons (Fsp3) is 0.778. The van der Waals surface area contributed by atoms with Gasteiger partial charge in [-0.05, 0) is 19.8 Å². The molecular formula is C9H17NO3. The van der Waals surface area contributed by atoms with Gasteiger partial charge in [0.15, 0.2) is 5.90 Å². The van der Waals surface area contributed by atoms with Crippen molar-refractivity contribution in [3.05, 3.63) is 0 Å². The van der Waals surface area contributed by atoms with Gasteiger partial charge in [0.1, 0.15) is 0 Å². The molecule has 0 bridgehead atoms. The fourth-order valence-electron chi connectivity index (χ4n) is 1.05. The number of carboxylic acids is 1. The number of ether oxygens (including phenoxy) is 1. The smallest absolute Gasteiger partial charge is 0.347 e. The molecular weight excluding hydrogens is 170 g/mol. The van der Waals surface area contributed by atoms with Crippen molar-refractivity contribution in [2.24, 2.45) is 0 Å². The molecule has 0 fully saturated rings. The molecule has 4 nitrogen and oxygen atoms in total. The van der Waals surface area contributed by atoms with Crippen molar-refractivity contribution in [2.75, 3.05) is 0 Å². The van der Waals surface area contributed by atoms with E-state index in [0.29, 0.717) is 6.42 Å². The van der Waals surface area contributed by atoms with Gasteiger partial charge in [-0.25, -0.2) is 4.79 Å². The summed E-state index contributed by atoms with van der Waals surface area (Å²) in [4.78, 5) is 10.8. The summed E-state index contributed by atoms with van der Waals surface area (Å²) in [6, 6.07) is 0. The lowest BCUT2D eigenvalue weighted by molar-refractivity contribution is -0.155. The summed E-state index contributed by atoms with van der Waals surface area (Å²) in [5.74, 6) is -1.06. The van der Waals surface area contributed by atoms with Crippen molar-refractivity contribution in [1.29, 1.82) is 5.41 Å². The number of unbranched alkanes of at least 4 members (excludes halogenated alkanes) is 1. The van der Waals surface area contributed by atoms with Crippen LogP contribution in [0.4, 0.5) is 0 Å². The Kier molecular flexibility index (Phi) is 4.45. The highest BCUT2D eigenvalue weighted by molar-refractivity contribution is 5.81. The lowest BCUT2D eigenvalue weighted by atomic mass is 9.99. The predicted octanol–water partition coefficient (Wildman–Crippen LogP) is 2.03. The molecule has 1 unspecified atom stereocenters. The first-order valence-electron chi connectivity index (χ1n) is 4.40. The van der Waals surface area contributed by atoms with Crippen LogP contribution in [0.15, 0.2) is 0 Å². The van der Waals surface area contributed by atoms with Gasteiger partial charge in [-0.3, -0.25) is 5.41 Å². The summed E-state index contributed by atoms with van der Waals surface area (Å²) >= 11 is 0. The second-order valence-corrected chi connectivity index (χ2v) is 3.30. The summed E-state index contributed by atoms with van der Waals surface area (Å²) in [5, 5.41) is 16.0. The number of hydrogen-bond donors (Lipinski definition) is 2. The van der Waals surface area contributed by atoms with Crippen LogP contribution in [0.1, 0.15) is 40.0 Å². The molecule has 0 rings (SSSR count). The highest BCUT2D eigenvalue weighted by Crippen LogP contribution is 2.19. The maximum atomic E-state index is 10.8. The first-order chi connectivity index (χ1) is 5.92. The minimum Gasteiger partial charge on any atom is -0.478 e. The van der Waals surface area contributed by atoms with E-state index in [-0.39, 0.29) is 5.90 Å². The topological polar surface area (TPSA) is 70.4 Å². The van der Waals surface area contributed by atoms with Crippen molar-refractivity contribution < 1.29 is 14.6 Å². The molecule has 0 spiro atoms. The van der Waals surface area contributed by atoms with E-state index >= 15 is 0 Å². The van der Waals surface area contributed by atoms with E-state index in [2.05, 4.69) is 0 Å². The van der Waals surface area contributed by atoms with E-state index in [1.807, 2.05) is 6.92 Å². The average molecular weight is 187 g/mol. The molecule has 0 aliphatic rings. The van der Waals surface area contributed by atoms with Crippen molar-refractivity contribution in [2.45, 2.75) is 45.6 Å². The molecule has 2 N–H and O–H groups in total. The van der Waals surface area contributed by atoms with Crippen LogP contribution in [0.2, 0.25) is 0 Å². The highest BCUT2D eigenvalue weighted by Gasteiger charge is 2.34. The van der Waals surface area contributed by atoms with E-state index < -0.39 is 11.6 Å². The zero-order valence-electron chi connectivity index (χ0n) is 8.39. The largest absolute Gasteiger partial charge is 0.478 e. The maximum absolute atomic E-state index is 10.8. The van der Waals surface area contributed by atoms with Crippen molar-refractivity contribution in [1.82, 2.24) is 0 Å². The number of carbonyl (C=O) groups is 1. The van der Waals surface area contributed by atoms with E-state index in [1.165, 1.54) is 13.8 Å². The predicted molar refractivity (Wildman–Crippen MR) is 50.1 cm³/mol. The molecule has 13 heavy (non-hydrogen) atoms. The summed E-state index contributed by atoms with van der Waals surface area (Å²) in [5.41, 5.74) is -1.23. The number of hydrogen-bond acceptors (Lipinski definition) is 3. The zero-order chi connectivity index (χ0) is 10.5. The Morgan fingerprint density at radius 3 is 2.46 bits per heavy atom. The van der Waals surface area contributed by atoms with Gasteiger partial charge in [0, 0.05) is 6.92 Å². The molecule has 0 heterocycles. The van der Waals surface area contributed by atoms with Gasteiger partial charge in [0.25, 0.3) is 0 Å². The SMILES string of the molecule is CCCCC(C)(OC(C)=N)C(=O)O. The van der Waals surface area contributed by atoms with Gasteiger partial charge in [-0.15, -0.1) is 0 Å². The minimum absolute atomic E-state index is 0.0546. The van der Waals surface area contributed by atoms with Crippen LogP contribution in [0.5, 0.6) is 0 Å². The summed E-state index contributed by atoms with van der Waals surface area (Å²) in [6.07, 6.45) is 2.15. The molecule has 0 saturated carbocycles. The Morgan fingerprint density at radius 1 is 1.62 bits per heavy atom. The lowest BCUT2D eigenvalue weighted by Gasteiger charge is -2.25. The Labute approximate surface area is 78.4 Å². The van der Waals surface area contributed by atoms with Gasteiger partial charge < -0.3 is 9.84 Å². The van der Waals surface area contributed by atoms with Crippen LogP contribution in [0.25, 0.3) is 0 Å². The van der Waals surface area contributed by atoms with Gasteiger partial charge in [0.05, 0.1) is 0 Å². The van der Waals surface area contributed by atoms with Crippen LogP contribution in [-0.2, 0) is 9.53 Å². The molecule has 0 aromatic carbocycles. The molecule has 0 aliphatic carbocycles. The summed E-state index contributed by atoms with van der Waals surface area (Å²) in [7, 11) is 0. The van der Waals surface area contributed by atoms with Crippen LogP contribution in [-0.4, -0.2) is 22.6 Å². The Balaban J connectivity index is 4.34. The summed E-state index contributed by atoms with van der Waals surface area (Å²) in [6.45, 7) is 4.93. The van der Waals surface area contributed by atoms with E-state index in [0.717, 1.165) is 12.8 Å². The van der Waals surface area contributed by atoms with Crippen LogP contribution in [0.3, 0.4) is 0 Å². The van der Waals surface area contributed by atoms with Crippen molar-refractivity contribution in [3.8, 4) is 0 Å². The van der Waals surface area contributed by atoms with Crippen LogP contribution < -0.4 is 0 Å². The second kappa shape index (κ2) is 4.84. The molecule has 0 aliphatic heterocycles. The standard InChI is InChI=1S/C9H17NO3/c1-4-5-6-9(3,8(11)12)13-7(2)10/h10H,4-6H2,1-3H3,(H,11,12). The number of aliphatic carboxylic acids is 1. The molecule has 0 amide bonds. The summed E-state index contributed by atoms with van der Waals surface area (Å²) < 4.78 is 4.99. The van der Waals surface area contributed by atoms with Crippen molar-refractivity contribution >= 4 is 11.9 Å². The molecule has 1 atom stereocenters. The van der Waals surface area contributed by atoms with Gasteiger partial charge in [-0.1, -0.05) is 13.3 Å². The normalized spacial score (nSPS) is 14.7. The van der Waals surface area contributed by atoms with Gasteiger partial charge >= 0.3 is 5.97 Å². The molecule has 0 aromatic heterocycles. The van der Waals surface area contributed by atoms with Crippen molar-refractivity contribution in [3.63, 3.8) is 0 Å². The average Bonchev–Trinajstić information content (AvgIpc) is 1.99. The molecule has 0 radical (unpaired) electrons. The zero-order valence-corrected chi connectivity index (χ0v) is 8.39. The number of rotatable bonds is 5. The highest BCUT2D eigenvalue weighted by atomic mass is 16.5. The Hall–Kier alpha value is -1.06. The minimum atomic E-state index is -1.23. The molecule has 76 valence electrons. The molecule has 4 heteroatoms. The maximum Gasteiger partial charge on any atom is 0.347 e. The number of nitrogens with one attached hydrogen (secondary N) is 1. The fourth-order valence-corrected chi connectivity index (χ4v) is 1.05. The monoisotopic (exact) mass is 187 g/mol. The van der Waals surface area contributed by atoms with E-state index in [1.54, 1.807) is 0 Å². The first kappa shape index (κ1) is 11.9. The Bertz CT molecular complexity index is 203. The third-order valence-corrected chi connectivity index (χ3v) is 1.84. The van der Waals surface area contributed by atoms with E-state index in [4.69, 9.17) is 15.3 Å². The third kappa shape index (κ3) is 3.92. The second-order valence-electron chi connectivity index (χ2n) is 3.30. The Morgan fingerprint density at radius 2 is 2.15 bits per heavy atom. The molecule has 0 saturated heterocycles. The van der Waals surface area contributed by atoms with Crippen LogP contribution >= 0.6 is 0 Å². The third-order valence-electron chi connectivity index (χ3n) is 1.84. The molecule has 0 aromatic rings. The van der Waals surface area contributed by atoms with Gasteiger partial charge in [-0.2, -0.15) is 0 Å². The first-order valence-corrected chi connectivity index (χ1v) is 4.40. The van der Waals surface area contributed by atoms with Gasteiger partial charge in [0.2, 0.25) is 5.60 Å². The number of carboxylic acid groups (broad SMARTS) is 1.